The molecule has 4 nitrogen and oxygen atoms in total. The zero-order valence-electron chi connectivity index (χ0n) is 12.2. The summed E-state index contributed by atoms with van der Waals surface area (Å²) in [5.74, 6) is 6.15. The summed E-state index contributed by atoms with van der Waals surface area (Å²) in [7, 11) is -1.19. The third-order valence-electron chi connectivity index (χ3n) is 2.81. The molecule has 0 aromatic heterocycles. The predicted octanol–water partition coefficient (Wildman–Crippen LogP) is 2.86. The number of hydrogen-bond donors (Lipinski definition) is 1. The molecule has 2 atom stereocenters. The maximum absolute atomic E-state index is 10.9. The molecule has 0 saturated carbocycles. The second kappa shape index (κ2) is 6.26. The molecule has 0 spiro atoms. The van der Waals surface area contributed by atoms with E-state index in [9.17, 15) is 4.79 Å². The fourth-order valence-electron chi connectivity index (χ4n) is 2.05. The van der Waals surface area contributed by atoms with Gasteiger partial charge in [0, 0.05) is 21.2 Å². The Labute approximate surface area is 116 Å². The number of allylic oxidation sites excluding steroid dienone is 1. The summed E-state index contributed by atoms with van der Waals surface area (Å²) in [6.07, 6.45) is -1.37. The Bertz CT molecular complexity index is 417. The van der Waals surface area contributed by atoms with E-state index in [1.165, 1.54) is 4.90 Å². The first-order valence-corrected chi connectivity index (χ1v) is 10.3. The van der Waals surface area contributed by atoms with Crippen molar-refractivity contribution in [3.8, 4) is 11.8 Å². The van der Waals surface area contributed by atoms with Crippen molar-refractivity contribution in [1.29, 1.82) is 0 Å². The van der Waals surface area contributed by atoms with Gasteiger partial charge in [0.1, 0.15) is 0 Å². The van der Waals surface area contributed by atoms with Gasteiger partial charge in [0.25, 0.3) is 0 Å². The first kappa shape index (κ1) is 15.8. The summed E-state index contributed by atoms with van der Waals surface area (Å²) in [4.78, 5) is 12.2. The number of carboxylic acid groups (broad SMARTS) is 1. The van der Waals surface area contributed by atoms with Crippen molar-refractivity contribution in [2.75, 3.05) is 13.2 Å². The molecule has 1 aliphatic rings. The van der Waals surface area contributed by atoms with Crippen molar-refractivity contribution in [3.05, 3.63) is 12.2 Å². The van der Waals surface area contributed by atoms with Crippen LogP contribution in [0.25, 0.3) is 0 Å². The largest absolute Gasteiger partial charge is 0.465 e. The first-order valence-electron chi connectivity index (χ1n) is 6.55. The standard InChI is InChI=1S/C14H23NO3Si/c1-6-18-13-12(9-15(13)14(16)17)8-7-11(2)10-19(3,4)5/h12-13H,2,6,9-10H2,1,3-5H3,(H,16,17). The van der Waals surface area contributed by atoms with Crippen molar-refractivity contribution in [3.63, 3.8) is 0 Å². The van der Waals surface area contributed by atoms with E-state index in [2.05, 4.69) is 38.1 Å². The van der Waals surface area contributed by atoms with Crippen LogP contribution in [0, 0.1) is 17.8 Å². The molecule has 0 bridgehead atoms. The quantitative estimate of drug-likeness (QED) is 0.637. The predicted molar refractivity (Wildman–Crippen MR) is 78.7 cm³/mol. The van der Waals surface area contributed by atoms with Gasteiger partial charge in [0.2, 0.25) is 0 Å². The van der Waals surface area contributed by atoms with Gasteiger partial charge in [-0.2, -0.15) is 0 Å². The van der Waals surface area contributed by atoms with Crippen LogP contribution in [0.4, 0.5) is 4.79 Å². The Balaban J connectivity index is 2.59. The van der Waals surface area contributed by atoms with Crippen molar-refractivity contribution in [1.82, 2.24) is 4.90 Å². The lowest BCUT2D eigenvalue weighted by Crippen LogP contribution is -2.59. The summed E-state index contributed by atoms with van der Waals surface area (Å²) in [5.41, 5.74) is 0.947. The van der Waals surface area contributed by atoms with E-state index < -0.39 is 20.4 Å². The molecule has 5 heteroatoms. The highest BCUT2D eigenvalue weighted by molar-refractivity contribution is 6.76. The Morgan fingerprint density at radius 2 is 2.16 bits per heavy atom. The van der Waals surface area contributed by atoms with E-state index in [1.54, 1.807) is 0 Å². The number of nitrogens with zero attached hydrogens (tertiary/aromatic N) is 1. The average Bonchev–Trinajstić information content (AvgIpc) is 2.21. The Kier molecular flexibility index (Phi) is 5.21. The van der Waals surface area contributed by atoms with E-state index >= 15 is 0 Å². The lowest BCUT2D eigenvalue weighted by Gasteiger charge is -2.42. The molecule has 0 aromatic rings. The molecule has 0 aliphatic carbocycles. The van der Waals surface area contributed by atoms with Crippen molar-refractivity contribution >= 4 is 14.2 Å². The van der Waals surface area contributed by atoms with Gasteiger partial charge in [0.05, 0.1) is 5.92 Å². The topological polar surface area (TPSA) is 49.8 Å². The fraction of sp³-hybridized carbons (Fsp3) is 0.643. The molecule has 2 unspecified atom stereocenters. The Morgan fingerprint density at radius 3 is 2.63 bits per heavy atom. The maximum atomic E-state index is 10.9. The third-order valence-corrected chi connectivity index (χ3v) is 4.29. The van der Waals surface area contributed by atoms with E-state index in [0.717, 1.165) is 11.6 Å². The van der Waals surface area contributed by atoms with Crippen molar-refractivity contribution < 1.29 is 14.6 Å². The van der Waals surface area contributed by atoms with E-state index in [-0.39, 0.29) is 5.92 Å². The molecular formula is C14H23NO3Si. The van der Waals surface area contributed by atoms with Crippen LogP contribution in [0.1, 0.15) is 6.92 Å². The molecule has 1 heterocycles. The average molecular weight is 281 g/mol. The lowest BCUT2D eigenvalue weighted by molar-refractivity contribution is -0.127. The van der Waals surface area contributed by atoms with Crippen LogP contribution in [0.2, 0.25) is 25.7 Å². The Morgan fingerprint density at radius 1 is 1.53 bits per heavy atom. The zero-order valence-corrected chi connectivity index (χ0v) is 13.2. The molecule has 19 heavy (non-hydrogen) atoms. The van der Waals surface area contributed by atoms with Gasteiger partial charge in [-0.3, -0.25) is 4.90 Å². The minimum atomic E-state index is -1.19. The highest BCUT2D eigenvalue weighted by Crippen LogP contribution is 2.25. The highest BCUT2D eigenvalue weighted by atomic mass is 28.3. The molecule has 1 fully saturated rings. The van der Waals surface area contributed by atoms with Crippen LogP contribution in [0.15, 0.2) is 12.2 Å². The fourth-order valence-corrected chi connectivity index (χ4v) is 3.41. The van der Waals surface area contributed by atoms with Crippen molar-refractivity contribution in [2.24, 2.45) is 5.92 Å². The SMILES string of the molecule is C=C(C#CC1CN(C(=O)O)C1OCC)C[Si](C)(C)C. The molecule has 0 aromatic carbocycles. The summed E-state index contributed by atoms with van der Waals surface area (Å²) in [6.45, 7) is 13.6. The van der Waals surface area contributed by atoms with Crippen LogP contribution in [-0.2, 0) is 4.74 Å². The Hall–Kier alpha value is -1.25. The molecule has 0 radical (unpaired) electrons. The monoisotopic (exact) mass is 281 g/mol. The third kappa shape index (κ3) is 4.73. The highest BCUT2D eigenvalue weighted by Gasteiger charge is 2.41. The van der Waals surface area contributed by atoms with Gasteiger partial charge in [0.15, 0.2) is 6.23 Å². The number of hydrogen-bond acceptors (Lipinski definition) is 2. The zero-order chi connectivity index (χ0) is 14.6. The number of rotatable bonds is 4. The first-order chi connectivity index (χ1) is 8.74. The van der Waals surface area contributed by atoms with Gasteiger partial charge in [-0.05, 0) is 18.5 Å². The van der Waals surface area contributed by atoms with Crippen LogP contribution < -0.4 is 0 Å². The van der Waals surface area contributed by atoms with Crippen LogP contribution in [0.3, 0.4) is 0 Å². The van der Waals surface area contributed by atoms with E-state index in [1.807, 2.05) is 6.92 Å². The lowest BCUT2D eigenvalue weighted by atomic mass is 9.98. The molecule has 1 N–H and O–H groups in total. The van der Waals surface area contributed by atoms with Crippen LogP contribution >= 0.6 is 0 Å². The van der Waals surface area contributed by atoms with Gasteiger partial charge in [-0.15, -0.1) is 0 Å². The number of ether oxygens (including phenoxy) is 1. The number of likely N-dealkylation sites (tertiary alicyclic amines) is 1. The molecule has 1 saturated heterocycles. The summed E-state index contributed by atoms with van der Waals surface area (Å²) in [6, 6.07) is 0.981. The molecule has 1 rings (SSSR count). The van der Waals surface area contributed by atoms with Gasteiger partial charge < -0.3 is 9.84 Å². The van der Waals surface area contributed by atoms with Crippen molar-refractivity contribution in [2.45, 2.75) is 38.8 Å². The molecular weight excluding hydrogens is 258 g/mol. The molecule has 1 aliphatic heterocycles. The van der Waals surface area contributed by atoms with Crippen LogP contribution in [-0.4, -0.2) is 43.6 Å². The van der Waals surface area contributed by atoms with Gasteiger partial charge in [-0.25, -0.2) is 4.79 Å². The summed E-state index contributed by atoms with van der Waals surface area (Å²) in [5, 5.41) is 8.96. The molecule has 106 valence electrons. The minimum absolute atomic E-state index is 0.0329. The summed E-state index contributed by atoms with van der Waals surface area (Å²) >= 11 is 0. The van der Waals surface area contributed by atoms with Gasteiger partial charge >= 0.3 is 6.09 Å². The van der Waals surface area contributed by atoms with Gasteiger partial charge in [-0.1, -0.05) is 38.1 Å². The van der Waals surface area contributed by atoms with Crippen LogP contribution in [0.5, 0.6) is 0 Å². The second-order valence-corrected chi connectivity index (χ2v) is 11.5. The van der Waals surface area contributed by atoms with E-state index in [4.69, 9.17) is 9.84 Å². The normalized spacial score (nSPS) is 22.2. The number of amides is 1. The summed E-state index contributed by atoms with van der Waals surface area (Å²) < 4.78 is 5.42. The second-order valence-electron chi connectivity index (χ2n) is 6.00. The minimum Gasteiger partial charge on any atom is -0.465 e. The van der Waals surface area contributed by atoms with E-state index in [0.29, 0.717) is 13.2 Å². The number of carbonyl (C=O) groups is 1. The maximum Gasteiger partial charge on any atom is 0.409 e. The molecule has 1 amide bonds. The smallest absolute Gasteiger partial charge is 0.409 e.